The molecule has 0 aliphatic heterocycles. The number of hydrogen-bond donors (Lipinski definition) is 1. The van der Waals surface area contributed by atoms with Crippen molar-refractivity contribution >= 4 is 24.0 Å². The average molecular weight is 265 g/mol. The highest BCUT2D eigenvalue weighted by Gasteiger charge is 2.04. The SMILES string of the molecule is CCc1ccccc1OCc1nc(CS)cs1. The van der Waals surface area contributed by atoms with Crippen molar-refractivity contribution in [2.24, 2.45) is 0 Å². The Morgan fingerprint density at radius 1 is 1.35 bits per heavy atom. The summed E-state index contributed by atoms with van der Waals surface area (Å²) in [5.74, 6) is 1.64. The lowest BCUT2D eigenvalue weighted by Gasteiger charge is -2.08. The van der Waals surface area contributed by atoms with E-state index in [1.807, 2.05) is 23.6 Å². The first-order valence-corrected chi connectivity index (χ1v) is 7.09. The Morgan fingerprint density at radius 3 is 2.88 bits per heavy atom. The Morgan fingerprint density at radius 2 is 2.18 bits per heavy atom. The van der Waals surface area contributed by atoms with Gasteiger partial charge in [0.15, 0.2) is 0 Å². The Balaban J connectivity index is 2.01. The van der Waals surface area contributed by atoms with Gasteiger partial charge in [-0.3, -0.25) is 0 Å². The van der Waals surface area contributed by atoms with E-state index in [9.17, 15) is 0 Å². The molecule has 0 amide bonds. The number of para-hydroxylation sites is 1. The van der Waals surface area contributed by atoms with Gasteiger partial charge in [0, 0.05) is 11.1 Å². The largest absolute Gasteiger partial charge is 0.486 e. The van der Waals surface area contributed by atoms with Crippen molar-refractivity contribution in [3.8, 4) is 5.75 Å². The normalized spacial score (nSPS) is 10.5. The molecular formula is C13H15NOS2. The molecule has 1 heterocycles. The lowest BCUT2D eigenvalue weighted by molar-refractivity contribution is 0.302. The second-order valence-corrected chi connectivity index (χ2v) is 4.90. The topological polar surface area (TPSA) is 22.1 Å². The molecule has 17 heavy (non-hydrogen) atoms. The molecule has 2 nitrogen and oxygen atoms in total. The second kappa shape index (κ2) is 6.07. The minimum atomic E-state index is 0.537. The van der Waals surface area contributed by atoms with Gasteiger partial charge in [-0.05, 0) is 18.1 Å². The molecule has 0 atom stereocenters. The third kappa shape index (κ3) is 3.23. The first-order chi connectivity index (χ1) is 8.33. The number of ether oxygens (including phenoxy) is 1. The number of nitrogens with zero attached hydrogens (tertiary/aromatic N) is 1. The Kier molecular flexibility index (Phi) is 4.45. The van der Waals surface area contributed by atoms with Crippen LogP contribution in [0.4, 0.5) is 0 Å². The number of aromatic nitrogens is 1. The molecule has 4 heteroatoms. The van der Waals surface area contributed by atoms with Gasteiger partial charge in [0.2, 0.25) is 0 Å². The Bertz CT molecular complexity index is 482. The van der Waals surface area contributed by atoms with E-state index < -0.39 is 0 Å². The molecule has 0 unspecified atom stereocenters. The van der Waals surface area contributed by atoms with E-state index in [2.05, 4.69) is 30.6 Å². The van der Waals surface area contributed by atoms with Crippen LogP contribution in [0.5, 0.6) is 5.75 Å². The summed E-state index contributed by atoms with van der Waals surface area (Å²) in [7, 11) is 0. The molecule has 0 fully saturated rings. The zero-order valence-corrected chi connectivity index (χ0v) is 11.4. The zero-order chi connectivity index (χ0) is 12.1. The molecule has 90 valence electrons. The van der Waals surface area contributed by atoms with E-state index in [0.29, 0.717) is 12.4 Å². The van der Waals surface area contributed by atoms with Crippen LogP contribution in [0, 0.1) is 0 Å². The van der Waals surface area contributed by atoms with E-state index in [0.717, 1.165) is 22.9 Å². The highest BCUT2D eigenvalue weighted by atomic mass is 32.1. The maximum atomic E-state index is 5.79. The van der Waals surface area contributed by atoms with Crippen LogP contribution in [0.25, 0.3) is 0 Å². The number of thiol groups is 1. The molecule has 0 aliphatic carbocycles. The summed E-state index contributed by atoms with van der Waals surface area (Å²) in [6, 6.07) is 8.13. The average Bonchev–Trinajstić information content (AvgIpc) is 2.84. The van der Waals surface area contributed by atoms with Gasteiger partial charge < -0.3 is 4.74 Å². The second-order valence-electron chi connectivity index (χ2n) is 3.64. The van der Waals surface area contributed by atoms with Crippen molar-refractivity contribution in [2.45, 2.75) is 25.7 Å². The van der Waals surface area contributed by atoms with E-state index >= 15 is 0 Å². The van der Waals surface area contributed by atoms with Gasteiger partial charge in [-0.1, -0.05) is 25.1 Å². The van der Waals surface area contributed by atoms with Gasteiger partial charge in [-0.25, -0.2) is 4.98 Å². The maximum absolute atomic E-state index is 5.79. The fraction of sp³-hybridized carbons (Fsp3) is 0.308. The van der Waals surface area contributed by atoms with Crippen LogP contribution in [0.1, 0.15) is 23.2 Å². The van der Waals surface area contributed by atoms with Crippen molar-refractivity contribution in [3.63, 3.8) is 0 Å². The number of thiazole rings is 1. The Hall–Kier alpha value is -1.000. The highest BCUT2D eigenvalue weighted by Crippen LogP contribution is 2.20. The quantitative estimate of drug-likeness (QED) is 0.832. The summed E-state index contributed by atoms with van der Waals surface area (Å²) in [6.07, 6.45) is 0.982. The molecule has 1 aromatic heterocycles. The number of rotatable bonds is 5. The minimum absolute atomic E-state index is 0.537. The third-order valence-electron chi connectivity index (χ3n) is 2.47. The molecule has 0 radical (unpaired) electrons. The van der Waals surface area contributed by atoms with Gasteiger partial charge in [-0.15, -0.1) is 11.3 Å². The van der Waals surface area contributed by atoms with Crippen molar-refractivity contribution in [3.05, 3.63) is 45.9 Å². The predicted molar refractivity (Wildman–Crippen MR) is 75.0 cm³/mol. The van der Waals surface area contributed by atoms with Crippen LogP contribution in [0.15, 0.2) is 29.6 Å². The first-order valence-electron chi connectivity index (χ1n) is 5.58. The summed E-state index contributed by atoms with van der Waals surface area (Å²) in [5, 5.41) is 3.03. The molecule has 0 bridgehead atoms. The monoisotopic (exact) mass is 265 g/mol. The third-order valence-corrected chi connectivity index (χ3v) is 3.66. The van der Waals surface area contributed by atoms with Gasteiger partial charge in [0.05, 0.1) is 5.69 Å². The van der Waals surface area contributed by atoms with E-state index in [-0.39, 0.29) is 0 Å². The van der Waals surface area contributed by atoms with Gasteiger partial charge in [-0.2, -0.15) is 12.6 Å². The summed E-state index contributed by atoms with van der Waals surface area (Å²) in [4.78, 5) is 4.42. The lowest BCUT2D eigenvalue weighted by Crippen LogP contribution is -1.97. The zero-order valence-electron chi connectivity index (χ0n) is 9.72. The summed E-state index contributed by atoms with van der Waals surface area (Å²) >= 11 is 5.82. The smallest absolute Gasteiger partial charge is 0.140 e. The molecule has 0 aliphatic rings. The fourth-order valence-electron chi connectivity index (χ4n) is 1.56. The van der Waals surface area contributed by atoms with E-state index in [1.165, 1.54) is 5.56 Å². The van der Waals surface area contributed by atoms with Crippen LogP contribution >= 0.6 is 24.0 Å². The molecule has 0 saturated heterocycles. The number of benzene rings is 1. The molecule has 0 saturated carbocycles. The van der Waals surface area contributed by atoms with Crippen molar-refractivity contribution in [2.75, 3.05) is 0 Å². The van der Waals surface area contributed by atoms with E-state index in [4.69, 9.17) is 4.74 Å². The fourth-order valence-corrected chi connectivity index (χ4v) is 2.55. The van der Waals surface area contributed by atoms with Crippen molar-refractivity contribution in [1.82, 2.24) is 4.98 Å². The predicted octanol–water partition coefficient (Wildman–Crippen LogP) is 3.71. The number of hydrogen-bond acceptors (Lipinski definition) is 4. The van der Waals surface area contributed by atoms with Crippen LogP contribution in [0.3, 0.4) is 0 Å². The molecule has 2 aromatic rings. The maximum Gasteiger partial charge on any atom is 0.140 e. The van der Waals surface area contributed by atoms with E-state index in [1.54, 1.807) is 11.3 Å². The van der Waals surface area contributed by atoms with Crippen molar-refractivity contribution < 1.29 is 4.74 Å². The first kappa shape index (κ1) is 12.5. The standard InChI is InChI=1S/C13H15NOS2/c1-2-10-5-3-4-6-12(10)15-7-13-14-11(8-16)9-17-13/h3-6,9,16H,2,7-8H2,1H3. The van der Waals surface area contributed by atoms with Gasteiger partial charge in [0.1, 0.15) is 17.4 Å². The van der Waals surface area contributed by atoms with Gasteiger partial charge in [0.25, 0.3) is 0 Å². The summed E-state index contributed by atoms with van der Waals surface area (Å²) in [6.45, 7) is 2.67. The lowest BCUT2D eigenvalue weighted by atomic mass is 10.1. The van der Waals surface area contributed by atoms with Crippen LogP contribution in [0.2, 0.25) is 0 Å². The minimum Gasteiger partial charge on any atom is -0.486 e. The molecular weight excluding hydrogens is 250 g/mol. The van der Waals surface area contributed by atoms with Crippen LogP contribution in [-0.4, -0.2) is 4.98 Å². The summed E-state index contributed by atoms with van der Waals surface area (Å²) < 4.78 is 5.79. The van der Waals surface area contributed by atoms with Gasteiger partial charge >= 0.3 is 0 Å². The Labute approximate surface area is 111 Å². The van der Waals surface area contributed by atoms with Crippen molar-refractivity contribution in [1.29, 1.82) is 0 Å². The highest BCUT2D eigenvalue weighted by molar-refractivity contribution is 7.79. The number of aryl methyl sites for hydroxylation is 1. The molecule has 0 N–H and O–H groups in total. The molecule has 1 aromatic carbocycles. The van der Waals surface area contributed by atoms with Crippen LogP contribution in [-0.2, 0) is 18.8 Å². The van der Waals surface area contributed by atoms with Crippen LogP contribution < -0.4 is 4.74 Å². The molecule has 2 rings (SSSR count). The summed E-state index contributed by atoms with van der Waals surface area (Å²) in [5.41, 5.74) is 2.25. The molecule has 0 spiro atoms.